The molecule has 0 spiro atoms. The summed E-state index contributed by atoms with van der Waals surface area (Å²) >= 11 is 0. The van der Waals surface area contributed by atoms with Crippen molar-refractivity contribution in [3.05, 3.63) is 59.4 Å². The second-order valence-electron chi connectivity index (χ2n) is 7.96. The predicted octanol–water partition coefficient (Wildman–Crippen LogP) is 6.87. The van der Waals surface area contributed by atoms with E-state index in [-0.39, 0.29) is 0 Å². The average molecular weight is 417 g/mol. The quantitative estimate of drug-likeness (QED) is 0.199. The van der Waals surface area contributed by atoms with Crippen molar-refractivity contribution < 1.29 is 13.9 Å². The van der Waals surface area contributed by atoms with Gasteiger partial charge < -0.3 is 13.9 Å². The summed E-state index contributed by atoms with van der Waals surface area (Å²) in [5, 5.41) is 0. The Morgan fingerprint density at radius 1 is 1.07 bits per heavy atom. The minimum atomic E-state index is -1.64. The van der Waals surface area contributed by atoms with E-state index >= 15 is 0 Å². The standard InChI is InChI=1S/C25H40O3Si/c1-5-29(6-2,7-3)28-25-17-11-15-23(24(25)18-20-26-4)16-12-19-27-21-22-13-9-8-10-14-22/h8-10,12-14,16,23H,5-7,11,15,17-21H2,1-4H3/b16-12+/t23-/m1/s1. The number of rotatable bonds is 13. The molecule has 0 saturated heterocycles. The van der Waals surface area contributed by atoms with Crippen LogP contribution < -0.4 is 0 Å². The van der Waals surface area contributed by atoms with Gasteiger partial charge in [0.05, 0.1) is 25.6 Å². The van der Waals surface area contributed by atoms with Crippen molar-refractivity contribution >= 4 is 8.32 Å². The number of hydrogen-bond donors (Lipinski definition) is 0. The molecule has 162 valence electrons. The molecule has 0 fully saturated rings. The van der Waals surface area contributed by atoms with Gasteiger partial charge in [-0.15, -0.1) is 0 Å². The second kappa shape index (κ2) is 13.0. The van der Waals surface area contributed by atoms with Crippen molar-refractivity contribution in [1.82, 2.24) is 0 Å². The van der Waals surface area contributed by atoms with Crippen molar-refractivity contribution in [2.45, 2.75) is 71.2 Å². The van der Waals surface area contributed by atoms with Crippen LogP contribution in [0.2, 0.25) is 18.1 Å². The third-order valence-corrected chi connectivity index (χ3v) is 10.8. The molecule has 0 aromatic heterocycles. The van der Waals surface area contributed by atoms with Crippen molar-refractivity contribution in [3.8, 4) is 0 Å². The molecule has 0 unspecified atom stereocenters. The molecule has 29 heavy (non-hydrogen) atoms. The summed E-state index contributed by atoms with van der Waals surface area (Å²) in [4.78, 5) is 0. The second-order valence-corrected chi connectivity index (χ2v) is 12.7. The van der Waals surface area contributed by atoms with Crippen molar-refractivity contribution in [3.63, 3.8) is 0 Å². The van der Waals surface area contributed by atoms with Crippen LogP contribution in [0, 0.1) is 5.92 Å². The molecule has 1 aromatic rings. The lowest BCUT2D eigenvalue weighted by Crippen LogP contribution is -2.36. The predicted molar refractivity (Wildman–Crippen MR) is 124 cm³/mol. The van der Waals surface area contributed by atoms with Crippen LogP contribution in [-0.4, -0.2) is 28.6 Å². The van der Waals surface area contributed by atoms with Crippen LogP contribution >= 0.6 is 0 Å². The van der Waals surface area contributed by atoms with E-state index in [2.05, 4.69) is 57.2 Å². The fraction of sp³-hybridized carbons (Fsp3) is 0.600. The molecule has 0 heterocycles. The molecule has 1 aliphatic carbocycles. The molecule has 1 aromatic carbocycles. The smallest absolute Gasteiger partial charge is 0.250 e. The zero-order valence-electron chi connectivity index (χ0n) is 18.9. The maximum Gasteiger partial charge on any atom is 0.250 e. The highest BCUT2D eigenvalue weighted by Gasteiger charge is 2.33. The van der Waals surface area contributed by atoms with Gasteiger partial charge in [0.2, 0.25) is 8.32 Å². The number of allylic oxidation sites excluding steroid dienone is 2. The molecule has 0 N–H and O–H groups in total. The fourth-order valence-corrected chi connectivity index (χ4v) is 6.85. The summed E-state index contributed by atoms with van der Waals surface area (Å²) in [5.41, 5.74) is 2.68. The van der Waals surface area contributed by atoms with E-state index < -0.39 is 8.32 Å². The van der Waals surface area contributed by atoms with Crippen LogP contribution in [0.4, 0.5) is 0 Å². The highest BCUT2D eigenvalue weighted by Crippen LogP contribution is 2.37. The third-order valence-electron chi connectivity index (χ3n) is 6.27. The summed E-state index contributed by atoms with van der Waals surface area (Å²) in [6.45, 7) is 8.98. The normalized spacial score (nSPS) is 17.9. The molecule has 4 heteroatoms. The summed E-state index contributed by atoms with van der Waals surface area (Å²) in [6.07, 6.45) is 8.97. The van der Waals surface area contributed by atoms with Crippen molar-refractivity contribution in [2.24, 2.45) is 5.92 Å². The highest BCUT2D eigenvalue weighted by atomic mass is 28.4. The number of hydrogen-bond acceptors (Lipinski definition) is 3. The largest absolute Gasteiger partial charge is 0.547 e. The highest BCUT2D eigenvalue weighted by molar-refractivity contribution is 6.73. The van der Waals surface area contributed by atoms with E-state index in [1.165, 1.54) is 47.9 Å². The molecule has 0 aliphatic heterocycles. The molecule has 3 nitrogen and oxygen atoms in total. The summed E-state index contributed by atoms with van der Waals surface area (Å²) in [5.74, 6) is 1.73. The van der Waals surface area contributed by atoms with Crippen LogP contribution in [0.15, 0.2) is 53.8 Å². The van der Waals surface area contributed by atoms with Gasteiger partial charge in [0.25, 0.3) is 0 Å². The Bertz CT molecular complexity index is 626. The van der Waals surface area contributed by atoms with Crippen molar-refractivity contribution in [1.29, 1.82) is 0 Å². The lowest BCUT2D eigenvalue weighted by molar-refractivity contribution is 0.148. The molecule has 0 amide bonds. The van der Waals surface area contributed by atoms with Crippen molar-refractivity contribution in [2.75, 3.05) is 20.3 Å². The van der Waals surface area contributed by atoms with Gasteiger partial charge in [-0.25, -0.2) is 0 Å². The minimum Gasteiger partial charge on any atom is -0.547 e. The zero-order valence-corrected chi connectivity index (χ0v) is 19.9. The van der Waals surface area contributed by atoms with Crippen LogP contribution in [0.1, 0.15) is 52.0 Å². The monoisotopic (exact) mass is 416 g/mol. The third kappa shape index (κ3) is 7.43. The first-order chi connectivity index (χ1) is 14.2. The van der Waals surface area contributed by atoms with Gasteiger partial charge in [-0.3, -0.25) is 0 Å². The van der Waals surface area contributed by atoms with Gasteiger partial charge in [0.1, 0.15) is 0 Å². The summed E-state index contributed by atoms with van der Waals surface area (Å²) in [6, 6.07) is 13.9. The lowest BCUT2D eigenvalue weighted by atomic mass is 9.84. The van der Waals surface area contributed by atoms with Gasteiger partial charge in [-0.05, 0) is 48.5 Å². The van der Waals surface area contributed by atoms with E-state index in [0.717, 1.165) is 19.4 Å². The van der Waals surface area contributed by atoms with Gasteiger partial charge in [0.15, 0.2) is 0 Å². The first kappa shape index (κ1) is 23.9. The summed E-state index contributed by atoms with van der Waals surface area (Å²) < 4.78 is 18.1. The number of ether oxygens (including phenoxy) is 2. The topological polar surface area (TPSA) is 27.7 Å². The Hall–Kier alpha value is -1.36. The van der Waals surface area contributed by atoms with Crippen LogP contribution in [0.3, 0.4) is 0 Å². The lowest BCUT2D eigenvalue weighted by Gasteiger charge is -2.35. The van der Waals surface area contributed by atoms with Gasteiger partial charge in [-0.2, -0.15) is 0 Å². The van der Waals surface area contributed by atoms with E-state index in [9.17, 15) is 0 Å². The first-order valence-corrected chi connectivity index (χ1v) is 13.9. The first-order valence-electron chi connectivity index (χ1n) is 11.4. The molecule has 0 bridgehead atoms. The van der Waals surface area contributed by atoms with Gasteiger partial charge >= 0.3 is 0 Å². The minimum absolute atomic E-state index is 0.450. The fourth-order valence-electron chi connectivity index (χ4n) is 4.16. The van der Waals surface area contributed by atoms with E-state index in [1.807, 2.05) is 6.07 Å². The molecule has 1 aliphatic rings. The molecule has 1 atom stereocenters. The Morgan fingerprint density at radius 2 is 1.79 bits per heavy atom. The number of methoxy groups -OCH3 is 1. The average Bonchev–Trinajstić information content (AvgIpc) is 2.77. The van der Waals surface area contributed by atoms with E-state index in [4.69, 9.17) is 13.9 Å². The maximum atomic E-state index is 6.85. The SMILES string of the molecule is CC[Si](CC)(CC)OC1=C(CCOC)[C@@H](/C=C/COCc2ccccc2)CCC1. The Balaban J connectivity index is 2.03. The number of benzene rings is 1. The van der Waals surface area contributed by atoms with Crippen LogP contribution in [-0.2, 0) is 20.5 Å². The summed E-state index contributed by atoms with van der Waals surface area (Å²) in [7, 11) is 0.143. The van der Waals surface area contributed by atoms with E-state index in [0.29, 0.717) is 19.1 Å². The van der Waals surface area contributed by atoms with Crippen LogP contribution in [0.25, 0.3) is 0 Å². The Morgan fingerprint density at radius 3 is 2.45 bits per heavy atom. The molecular formula is C25H40O3Si. The van der Waals surface area contributed by atoms with E-state index in [1.54, 1.807) is 7.11 Å². The maximum absolute atomic E-state index is 6.85. The molecular weight excluding hydrogens is 376 g/mol. The van der Waals surface area contributed by atoms with Gasteiger partial charge in [0, 0.05) is 19.4 Å². The molecule has 0 radical (unpaired) electrons. The van der Waals surface area contributed by atoms with Gasteiger partial charge in [-0.1, -0.05) is 63.3 Å². The molecule has 2 rings (SSSR count). The van der Waals surface area contributed by atoms with Crippen LogP contribution in [0.5, 0.6) is 0 Å². The Kier molecular flexibility index (Phi) is 10.8. The molecule has 0 saturated carbocycles. The Labute approximate surface area is 179 Å². The zero-order chi connectivity index (χ0) is 21.0.